The summed E-state index contributed by atoms with van der Waals surface area (Å²) in [5.41, 5.74) is 10.1. The Balaban J connectivity index is 0.00000484. The van der Waals surface area contributed by atoms with Gasteiger partial charge in [0.05, 0.1) is 0 Å². The van der Waals surface area contributed by atoms with Crippen molar-refractivity contribution in [3.63, 3.8) is 0 Å². The van der Waals surface area contributed by atoms with Crippen molar-refractivity contribution in [3.05, 3.63) is 255 Å². The molecule has 0 aromatic heterocycles. The van der Waals surface area contributed by atoms with Gasteiger partial charge in [-0.25, -0.2) is 0 Å². The molecule has 5 heteroatoms. The van der Waals surface area contributed by atoms with Gasteiger partial charge >= 0.3 is 348 Å². The summed E-state index contributed by atoms with van der Waals surface area (Å²) < 4.78 is 4.03. The summed E-state index contributed by atoms with van der Waals surface area (Å²) in [7, 11) is 0. The molecule has 0 saturated carbocycles. The first-order valence-electron chi connectivity index (χ1n) is 19.6. The molecule has 0 fully saturated rings. The van der Waals surface area contributed by atoms with E-state index < -0.39 is 13.9 Å². The maximum atomic E-state index is 2.35. The third-order valence-electron chi connectivity index (χ3n) is 10.1. The van der Waals surface area contributed by atoms with Gasteiger partial charge in [-0.3, -0.25) is 0 Å². The average molecular weight is 847 g/mol. The first-order valence-corrected chi connectivity index (χ1v) is 22.1. The predicted molar refractivity (Wildman–Crippen MR) is 248 cm³/mol. The Kier molecular flexibility index (Phi) is 12.3. The van der Waals surface area contributed by atoms with E-state index in [0.29, 0.717) is 0 Å². The first-order chi connectivity index (χ1) is 28.8. The summed E-state index contributed by atoms with van der Waals surface area (Å²) in [5, 5.41) is 0. The number of nitrogens with zero attached hydrogens (tertiary/aromatic N) is 3. The van der Waals surface area contributed by atoms with Crippen LogP contribution < -0.4 is 40.5 Å². The van der Waals surface area contributed by atoms with Crippen LogP contribution in [0.2, 0.25) is 0 Å². The summed E-state index contributed by atoms with van der Waals surface area (Å²) in [6, 6.07) is 91.5. The van der Waals surface area contributed by atoms with Crippen LogP contribution in [0, 0.1) is 0 Å². The Morgan fingerprint density at radius 3 is 0.508 bits per heavy atom. The van der Waals surface area contributed by atoms with Gasteiger partial charge in [0, 0.05) is 0 Å². The monoisotopic (exact) mass is 847 g/mol. The molecule has 0 saturated heterocycles. The summed E-state index contributed by atoms with van der Waals surface area (Å²) in [4.78, 5) is 6.98. The van der Waals surface area contributed by atoms with Crippen LogP contribution in [0.1, 0.15) is 0 Å². The molecule has 0 amide bonds. The fourth-order valence-corrected chi connectivity index (χ4v) is 11.7. The Hall–Kier alpha value is -6.81. The van der Waals surface area contributed by atoms with Crippen LogP contribution in [0.4, 0.5) is 51.2 Å². The normalized spacial score (nSPS) is 10.7. The van der Waals surface area contributed by atoms with Gasteiger partial charge in [0.1, 0.15) is 0 Å². The van der Waals surface area contributed by atoms with Crippen molar-refractivity contribution >= 4 is 78.5 Å². The molecule has 0 aliphatic rings. The number of halogens is 1. The molecule has 0 aliphatic carbocycles. The SMILES string of the molecule is [Cl-].c1ccc(N(c2ccccc2)c2ccc([Se+](c3ccc(N(c4ccccc4)c4ccccc4)cc3)c3ccc(N(c4ccccc4)c4ccccc4)cc3)cc2)cc1. The van der Waals surface area contributed by atoms with Crippen LogP contribution >= 0.6 is 0 Å². The van der Waals surface area contributed by atoms with Gasteiger partial charge in [-0.15, -0.1) is 0 Å². The third kappa shape index (κ3) is 8.72. The first kappa shape index (κ1) is 39.0. The third-order valence-corrected chi connectivity index (χ3v) is 14.8. The van der Waals surface area contributed by atoms with Crippen LogP contribution in [0.5, 0.6) is 0 Å². The summed E-state index contributed by atoms with van der Waals surface area (Å²) >= 11 is -1.77. The van der Waals surface area contributed by atoms with Crippen molar-refractivity contribution in [3.8, 4) is 0 Å². The number of para-hydroxylation sites is 6. The van der Waals surface area contributed by atoms with Crippen molar-refractivity contribution in [1.82, 2.24) is 0 Å². The van der Waals surface area contributed by atoms with Gasteiger partial charge in [0.2, 0.25) is 0 Å². The maximum absolute atomic E-state index is 2.35. The molecule has 3 nitrogen and oxygen atoms in total. The number of hydrogen-bond donors (Lipinski definition) is 0. The van der Waals surface area contributed by atoms with Gasteiger partial charge in [0.25, 0.3) is 0 Å². The van der Waals surface area contributed by atoms with Crippen molar-refractivity contribution in [2.45, 2.75) is 0 Å². The molecule has 0 radical (unpaired) electrons. The van der Waals surface area contributed by atoms with Crippen molar-refractivity contribution in [2.24, 2.45) is 0 Å². The van der Waals surface area contributed by atoms with Crippen molar-refractivity contribution < 1.29 is 12.4 Å². The second kappa shape index (κ2) is 18.6. The Bertz CT molecular complexity index is 2210. The molecule has 0 N–H and O–H groups in total. The number of rotatable bonds is 12. The second-order valence-corrected chi connectivity index (χ2v) is 18.1. The van der Waals surface area contributed by atoms with E-state index in [1.54, 1.807) is 0 Å². The predicted octanol–water partition coefficient (Wildman–Crippen LogP) is 9.62. The van der Waals surface area contributed by atoms with Gasteiger partial charge in [0.15, 0.2) is 0 Å². The van der Waals surface area contributed by atoms with Gasteiger partial charge in [-0.2, -0.15) is 0 Å². The van der Waals surface area contributed by atoms with Crippen LogP contribution in [0.3, 0.4) is 0 Å². The van der Waals surface area contributed by atoms with Crippen molar-refractivity contribution in [1.29, 1.82) is 0 Å². The van der Waals surface area contributed by atoms with E-state index in [9.17, 15) is 0 Å². The topological polar surface area (TPSA) is 9.72 Å². The van der Waals surface area contributed by atoms with Crippen LogP contribution in [0.25, 0.3) is 0 Å². The molecule has 286 valence electrons. The summed E-state index contributed by atoms with van der Waals surface area (Å²) in [6.07, 6.45) is 0. The molecule has 0 bridgehead atoms. The molecule has 0 aliphatic heterocycles. The molecular weight excluding hydrogens is 805 g/mol. The van der Waals surface area contributed by atoms with E-state index in [4.69, 9.17) is 0 Å². The molecule has 0 heterocycles. The molecule has 59 heavy (non-hydrogen) atoms. The minimum absolute atomic E-state index is 0. The molecule has 9 aromatic carbocycles. The van der Waals surface area contributed by atoms with E-state index in [0.717, 1.165) is 51.2 Å². The number of hydrogen-bond acceptors (Lipinski definition) is 3. The minimum atomic E-state index is -1.77. The van der Waals surface area contributed by atoms with Crippen LogP contribution in [-0.4, -0.2) is 13.9 Å². The second-order valence-electron chi connectivity index (χ2n) is 13.8. The Morgan fingerprint density at radius 2 is 0.339 bits per heavy atom. The van der Waals surface area contributed by atoms with E-state index in [2.05, 4.69) is 269 Å². The van der Waals surface area contributed by atoms with E-state index in [-0.39, 0.29) is 12.4 Å². The van der Waals surface area contributed by atoms with Gasteiger partial charge < -0.3 is 12.4 Å². The molecule has 9 aromatic rings. The summed E-state index contributed by atoms with van der Waals surface area (Å²) in [5.74, 6) is 0. The number of anilines is 9. The fourth-order valence-electron chi connectivity index (χ4n) is 7.41. The van der Waals surface area contributed by atoms with E-state index >= 15 is 0 Å². The zero-order chi connectivity index (χ0) is 38.9. The van der Waals surface area contributed by atoms with E-state index in [1.165, 1.54) is 13.4 Å². The standard InChI is InChI=1S/C54H42N3Se.ClH/c1-7-19-43(20-8-1)55(44-21-9-2-10-22-44)49-31-37-52(38-32-49)58(53-39-33-50(34-40-53)56(45-23-11-3-12-24-45)46-25-13-4-14-26-46)54-41-35-51(36-42-54)57(47-27-15-5-16-28-47)48-29-17-6-18-30-48;/h1-42H;1H/q+1;/p-1. The van der Waals surface area contributed by atoms with Gasteiger partial charge in [-0.1, -0.05) is 0 Å². The van der Waals surface area contributed by atoms with Gasteiger partial charge in [-0.05, 0) is 0 Å². The Labute approximate surface area is 358 Å². The number of benzene rings is 9. The fraction of sp³-hybridized carbons (Fsp3) is 0. The van der Waals surface area contributed by atoms with Crippen LogP contribution in [0.15, 0.2) is 255 Å². The summed E-state index contributed by atoms with van der Waals surface area (Å²) in [6.45, 7) is 0. The molecule has 0 spiro atoms. The van der Waals surface area contributed by atoms with Crippen LogP contribution in [-0.2, 0) is 0 Å². The molecule has 9 rings (SSSR count). The molecular formula is C54H42ClN3Se. The average Bonchev–Trinajstić information content (AvgIpc) is 3.30. The Morgan fingerprint density at radius 1 is 0.186 bits per heavy atom. The quantitative estimate of drug-likeness (QED) is 0.114. The zero-order valence-corrected chi connectivity index (χ0v) is 34.8. The zero-order valence-electron chi connectivity index (χ0n) is 32.4. The van der Waals surface area contributed by atoms with Crippen molar-refractivity contribution in [2.75, 3.05) is 14.7 Å². The van der Waals surface area contributed by atoms with E-state index in [1.807, 2.05) is 0 Å². The molecule has 0 unspecified atom stereocenters. The molecule has 0 atom stereocenters.